The summed E-state index contributed by atoms with van der Waals surface area (Å²) in [5.41, 5.74) is 0.865. The normalized spacial score (nSPS) is 11.5. The van der Waals surface area contributed by atoms with Gasteiger partial charge in [0.05, 0.1) is 17.6 Å². The monoisotopic (exact) mass is 259 g/mol. The smallest absolute Gasteiger partial charge is 0.365 e. The van der Waals surface area contributed by atoms with E-state index in [0.717, 1.165) is 10.9 Å². The predicted molar refractivity (Wildman–Crippen MR) is 58.7 cm³/mol. The van der Waals surface area contributed by atoms with Crippen molar-refractivity contribution < 1.29 is 13.2 Å². The highest BCUT2D eigenvalue weighted by Gasteiger charge is 2.33. The summed E-state index contributed by atoms with van der Waals surface area (Å²) in [4.78, 5) is 8.39. The molecule has 90 valence electrons. The lowest BCUT2D eigenvalue weighted by atomic mass is 10.2. The Bertz CT molecular complexity index is 482. The summed E-state index contributed by atoms with van der Waals surface area (Å²) in [5.74, 6) is -0.159. The fourth-order valence-electron chi connectivity index (χ4n) is 1.28. The number of hydrogen-bond donors (Lipinski definition) is 1. The number of rotatable bonds is 3. The van der Waals surface area contributed by atoms with Gasteiger partial charge in [-0.2, -0.15) is 13.2 Å². The third-order valence-corrected chi connectivity index (χ3v) is 2.81. The maximum absolute atomic E-state index is 12.6. The minimum Gasteiger partial charge on any atom is -0.365 e. The minimum atomic E-state index is -4.40. The first-order valence-corrected chi connectivity index (χ1v) is 5.59. The van der Waals surface area contributed by atoms with Crippen molar-refractivity contribution in [3.05, 3.63) is 40.5 Å². The van der Waals surface area contributed by atoms with Gasteiger partial charge in [-0.05, 0) is 12.1 Å². The van der Waals surface area contributed by atoms with Gasteiger partial charge in [0.15, 0.2) is 0 Å². The van der Waals surface area contributed by atoms with Gasteiger partial charge in [0.2, 0.25) is 0 Å². The van der Waals surface area contributed by atoms with Gasteiger partial charge in [-0.15, -0.1) is 11.3 Å². The topological polar surface area (TPSA) is 37.8 Å². The molecule has 0 aromatic carbocycles. The Morgan fingerprint density at radius 2 is 2.18 bits per heavy atom. The highest BCUT2D eigenvalue weighted by atomic mass is 32.1. The van der Waals surface area contributed by atoms with Gasteiger partial charge >= 0.3 is 6.18 Å². The van der Waals surface area contributed by atoms with E-state index >= 15 is 0 Å². The van der Waals surface area contributed by atoms with Crippen LogP contribution in [0.4, 0.5) is 19.0 Å². The number of aromatic nitrogens is 2. The average molecular weight is 259 g/mol. The summed E-state index contributed by atoms with van der Waals surface area (Å²) < 4.78 is 37.9. The highest BCUT2D eigenvalue weighted by molar-refractivity contribution is 7.09. The maximum atomic E-state index is 12.6. The fourth-order valence-corrected chi connectivity index (χ4v) is 1.81. The van der Waals surface area contributed by atoms with Crippen molar-refractivity contribution in [2.24, 2.45) is 0 Å². The summed E-state index contributed by atoms with van der Waals surface area (Å²) in [6.07, 6.45) is -1.47. The zero-order valence-electron chi connectivity index (χ0n) is 8.53. The third-order valence-electron chi connectivity index (χ3n) is 2.03. The van der Waals surface area contributed by atoms with Crippen LogP contribution in [-0.2, 0) is 12.7 Å². The molecular formula is C10H8F3N3S. The van der Waals surface area contributed by atoms with E-state index in [-0.39, 0.29) is 12.4 Å². The van der Waals surface area contributed by atoms with Crippen molar-refractivity contribution in [1.29, 1.82) is 0 Å². The standard InChI is InChI=1S/C10H8F3N3S/c11-10(12,13)8-2-1-3-15-9(8)16-5-7-4-14-6-17-7/h1-4,6H,5H2,(H,15,16). The lowest BCUT2D eigenvalue weighted by Gasteiger charge is -2.12. The first-order chi connectivity index (χ1) is 8.07. The number of pyridine rings is 1. The first kappa shape index (κ1) is 11.8. The number of nitrogens with one attached hydrogen (secondary N) is 1. The largest absolute Gasteiger partial charge is 0.419 e. The zero-order chi connectivity index (χ0) is 12.3. The molecule has 0 saturated carbocycles. The number of anilines is 1. The molecule has 3 nitrogen and oxygen atoms in total. The second-order valence-electron chi connectivity index (χ2n) is 3.22. The molecule has 17 heavy (non-hydrogen) atoms. The molecular weight excluding hydrogens is 251 g/mol. The summed E-state index contributed by atoms with van der Waals surface area (Å²) in [6, 6.07) is 2.27. The van der Waals surface area contributed by atoms with Crippen LogP contribution in [0.3, 0.4) is 0 Å². The molecule has 2 rings (SSSR count). The van der Waals surface area contributed by atoms with Crippen LogP contribution in [0.15, 0.2) is 30.0 Å². The summed E-state index contributed by atoms with van der Waals surface area (Å²) in [5, 5.41) is 2.66. The van der Waals surface area contributed by atoms with E-state index < -0.39 is 11.7 Å². The van der Waals surface area contributed by atoms with Crippen LogP contribution in [0.2, 0.25) is 0 Å². The number of thiazole rings is 1. The van der Waals surface area contributed by atoms with E-state index in [1.165, 1.54) is 23.6 Å². The van der Waals surface area contributed by atoms with Crippen LogP contribution < -0.4 is 5.32 Å². The van der Waals surface area contributed by atoms with Gasteiger partial charge in [0.1, 0.15) is 5.82 Å². The quantitative estimate of drug-likeness (QED) is 0.920. The highest BCUT2D eigenvalue weighted by Crippen LogP contribution is 2.33. The Hall–Kier alpha value is -1.63. The van der Waals surface area contributed by atoms with Gasteiger partial charge in [-0.25, -0.2) is 4.98 Å². The van der Waals surface area contributed by atoms with Gasteiger partial charge in [-0.1, -0.05) is 0 Å². The van der Waals surface area contributed by atoms with Crippen LogP contribution in [0, 0.1) is 0 Å². The minimum absolute atomic E-state index is 0.159. The van der Waals surface area contributed by atoms with Crippen LogP contribution in [0.1, 0.15) is 10.4 Å². The third kappa shape index (κ3) is 2.94. The molecule has 0 spiro atoms. The number of hydrogen-bond acceptors (Lipinski definition) is 4. The van der Waals surface area contributed by atoms with E-state index in [1.54, 1.807) is 11.7 Å². The first-order valence-electron chi connectivity index (χ1n) is 4.71. The van der Waals surface area contributed by atoms with E-state index in [0.29, 0.717) is 0 Å². The van der Waals surface area contributed by atoms with E-state index in [9.17, 15) is 13.2 Å². The molecule has 0 saturated heterocycles. The van der Waals surface area contributed by atoms with Gasteiger partial charge in [-0.3, -0.25) is 4.98 Å². The van der Waals surface area contributed by atoms with Gasteiger partial charge in [0, 0.05) is 17.3 Å². The van der Waals surface area contributed by atoms with Crippen molar-refractivity contribution in [2.75, 3.05) is 5.32 Å². The molecule has 7 heteroatoms. The summed E-state index contributed by atoms with van der Waals surface area (Å²) in [7, 11) is 0. The van der Waals surface area contributed by atoms with Gasteiger partial charge < -0.3 is 5.32 Å². The molecule has 0 amide bonds. The second kappa shape index (κ2) is 4.70. The maximum Gasteiger partial charge on any atom is 0.419 e. The zero-order valence-corrected chi connectivity index (χ0v) is 9.35. The van der Waals surface area contributed by atoms with Crippen molar-refractivity contribution >= 4 is 17.2 Å². The molecule has 0 bridgehead atoms. The Labute approximate surface area is 99.3 Å². The molecule has 0 aliphatic rings. The van der Waals surface area contributed by atoms with Crippen LogP contribution >= 0.6 is 11.3 Å². The molecule has 0 aliphatic carbocycles. The van der Waals surface area contributed by atoms with Crippen LogP contribution in [-0.4, -0.2) is 9.97 Å². The molecule has 2 aromatic rings. The Morgan fingerprint density at radius 3 is 2.82 bits per heavy atom. The van der Waals surface area contributed by atoms with Crippen molar-refractivity contribution in [2.45, 2.75) is 12.7 Å². The van der Waals surface area contributed by atoms with E-state index in [2.05, 4.69) is 15.3 Å². The molecule has 2 heterocycles. The molecule has 0 atom stereocenters. The van der Waals surface area contributed by atoms with E-state index in [1.807, 2.05) is 0 Å². The van der Waals surface area contributed by atoms with Crippen LogP contribution in [0.5, 0.6) is 0 Å². The molecule has 2 aromatic heterocycles. The molecule has 0 unspecified atom stereocenters. The van der Waals surface area contributed by atoms with E-state index in [4.69, 9.17) is 0 Å². The molecule has 0 fully saturated rings. The SMILES string of the molecule is FC(F)(F)c1cccnc1NCc1cncs1. The molecule has 0 radical (unpaired) electrons. The molecule has 1 N–H and O–H groups in total. The number of nitrogens with zero attached hydrogens (tertiary/aromatic N) is 2. The van der Waals surface area contributed by atoms with Gasteiger partial charge in [0.25, 0.3) is 0 Å². The Kier molecular flexibility index (Phi) is 3.28. The Balaban J connectivity index is 2.16. The van der Waals surface area contributed by atoms with Crippen LogP contribution in [0.25, 0.3) is 0 Å². The number of halogens is 3. The Morgan fingerprint density at radius 1 is 1.35 bits per heavy atom. The predicted octanol–water partition coefficient (Wildman–Crippen LogP) is 3.17. The number of alkyl halides is 3. The van der Waals surface area contributed by atoms with Crippen molar-refractivity contribution in [1.82, 2.24) is 9.97 Å². The average Bonchev–Trinajstić information content (AvgIpc) is 2.78. The lowest BCUT2D eigenvalue weighted by Crippen LogP contribution is -2.11. The lowest BCUT2D eigenvalue weighted by molar-refractivity contribution is -0.137. The summed E-state index contributed by atoms with van der Waals surface area (Å²) in [6.45, 7) is 0.283. The second-order valence-corrected chi connectivity index (χ2v) is 4.19. The van der Waals surface area contributed by atoms with Crippen molar-refractivity contribution in [3.8, 4) is 0 Å². The fraction of sp³-hybridized carbons (Fsp3) is 0.200. The molecule has 0 aliphatic heterocycles. The van der Waals surface area contributed by atoms with Crippen molar-refractivity contribution in [3.63, 3.8) is 0 Å². The summed E-state index contributed by atoms with van der Waals surface area (Å²) >= 11 is 1.37.